The lowest BCUT2D eigenvalue weighted by Gasteiger charge is -2.17. The Morgan fingerprint density at radius 1 is 0.841 bits per heavy atom. The second-order valence-corrected chi connectivity index (χ2v) is 12.7. The van der Waals surface area contributed by atoms with Gasteiger partial charge < -0.3 is 31.5 Å². The lowest BCUT2D eigenvalue weighted by molar-refractivity contribution is -0.893. The van der Waals surface area contributed by atoms with Crippen LogP contribution < -0.4 is 26.8 Å². The number of hydrogen-bond donors (Lipinski definition) is 1. The minimum Gasteiger partial charge on any atom is -1.00 e. The van der Waals surface area contributed by atoms with Crippen molar-refractivity contribution >= 4 is 5.97 Å². The van der Waals surface area contributed by atoms with Crippen LogP contribution in [0.1, 0.15) is 121 Å². The van der Waals surface area contributed by atoms with Gasteiger partial charge >= 0.3 is 5.97 Å². The van der Waals surface area contributed by atoms with Crippen molar-refractivity contribution in [1.82, 2.24) is 0 Å². The fourth-order valence-corrected chi connectivity index (χ4v) is 6.38. The van der Waals surface area contributed by atoms with Crippen molar-refractivity contribution < 1.29 is 36.3 Å². The van der Waals surface area contributed by atoms with Crippen LogP contribution in [0.5, 0.6) is 11.5 Å². The number of unbranched alkanes of at least 4 members (excludes halogenated alkanes) is 12. The highest BCUT2D eigenvalue weighted by molar-refractivity contribution is 5.69. The van der Waals surface area contributed by atoms with Crippen LogP contribution in [0.3, 0.4) is 0 Å². The number of rotatable bonds is 23. The van der Waals surface area contributed by atoms with Crippen LogP contribution in [-0.4, -0.2) is 45.4 Å². The number of para-hydroxylation sites is 1. The Morgan fingerprint density at radius 2 is 1.50 bits per heavy atom. The van der Waals surface area contributed by atoms with Crippen LogP contribution in [0.4, 0.5) is 0 Å². The first-order valence-corrected chi connectivity index (χ1v) is 17.4. The van der Waals surface area contributed by atoms with Gasteiger partial charge in [-0.05, 0) is 48.6 Å². The van der Waals surface area contributed by atoms with Crippen molar-refractivity contribution in [2.24, 2.45) is 0 Å². The molecule has 0 amide bonds. The first-order chi connectivity index (χ1) is 21.1. The Bertz CT molecular complexity index is 1030. The van der Waals surface area contributed by atoms with Crippen molar-refractivity contribution in [3.8, 4) is 11.5 Å². The zero-order valence-electron chi connectivity index (χ0n) is 27.9. The van der Waals surface area contributed by atoms with Gasteiger partial charge in [0.25, 0.3) is 0 Å². The summed E-state index contributed by atoms with van der Waals surface area (Å²) >= 11 is 0. The number of ether oxygens (including phenoxy) is 3. The van der Waals surface area contributed by atoms with Gasteiger partial charge in [-0.25, -0.2) is 0 Å². The molecule has 0 radical (unpaired) electrons. The standard InChI is InChI=1S/C38H59NO4.ClH/c1-4-5-6-7-8-9-10-11-12-13-14-15-16-24-38(40)43-36-30-34(39(2)31-36)27-28-42-37-23-18-17-21-33(37)26-25-32-20-19-22-35(29-32)41-3;/h17-23,29,34,36H,4-16,24-28,30-31H2,1-3H3;1H/t34-,36-;/m1./s1. The maximum atomic E-state index is 12.5. The third-order valence-corrected chi connectivity index (χ3v) is 9.09. The van der Waals surface area contributed by atoms with E-state index in [0.29, 0.717) is 19.1 Å². The molecule has 0 spiro atoms. The third kappa shape index (κ3) is 15.2. The van der Waals surface area contributed by atoms with E-state index >= 15 is 0 Å². The fraction of sp³-hybridized carbons (Fsp3) is 0.658. The van der Waals surface area contributed by atoms with Crippen LogP contribution in [0.25, 0.3) is 0 Å². The normalized spacial score (nSPS) is 17.7. The summed E-state index contributed by atoms with van der Waals surface area (Å²) in [6.45, 7) is 3.85. The monoisotopic (exact) mass is 629 g/mol. The maximum Gasteiger partial charge on any atom is 0.306 e. The van der Waals surface area contributed by atoms with E-state index in [9.17, 15) is 4.79 Å². The molecule has 3 rings (SSSR count). The van der Waals surface area contributed by atoms with Gasteiger partial charge in [-0.2, -0.15) is 0 Å². The second kappa shape index (κ2) is 23.1. The number of likely N-dealkylation sites (tertiary alicyclic amines) is 1. The van der Waals surface area contributed by atoms with E-state index in [4.69, 9.17) is 14.2 Å². The number of aryl methyl sites for hydroxylation is 2. The molecule has 1 saturated heterocycles. The smallest absolute Gasteiger partial charge is 0.306 e. The molecule has 0 aromatic heterocycles. The van der Waals surface area contributed by atoms with Crippen LogP contribution in [0.2, 0.25) is 0 Å². The summed E-state index contributed by atoms with van der Waals surface area (Å²) in [5.41, 5.74) is 2.50. The Kier molecular flexibility index (Phi) is 20.0. The zero-order chi connectivity index (χ0) is 30.5. The number of benzene rings is 2. The summed E-state index contributed by atoms with van der Waals surface area (Å²) in [4.78, 5) is 13.9. The third-order valence-electron chi connectivity index (χ3n) is 9.09. The summed E-state index contributed by atoms with van der Waals surface area (Å²) in [5.74, 6) is 1.86. The molecule has 3 atom stereocenters. The van der Waals surface area contributed by atoms with Gasteiger partial charge in [-0.15, -0.1) is 0 Å². The Balaban J connectivity index is 0.00000675. The number of carbonyl (C=O) groups is 1. The highest BCUT2D eigenvalue weighted by Crippen LogP contribution is 2.22. The molecule has 248 valence electrons. The van der Waals surface area contributed by atoms with E-state index in [-0.39, 0.29) is 24.5 Å². The van der Waals surface area contributed by atoms with Crippen molar-refractivity contribution in [1.29, 1.82) is 0 Å². The van der Waals surface area contributed by atoms with E-state index in [1.54, 1.807) is 7.11 Å². The number of esters is 1. The first kappa shape index (κ1) is 37.9. The van der Waals surface area contributed by atoms with Crippen LogP contribution >= 0.6 is 0 Å². The van der Waals surface area contributed by atoms with Crippen molar-refractivity contribution in [3.63, 3.8) is 0 Å². The van der Waals surface area contributed by atoms with Gasteiger partial charge in [0.05, 0.1) is 26.8 Å². The van der Waals surface area contributed by atoms with Gasteiger partial charge in [-0.3, -0.25) is 4.79 Å². The van der Waals surface area contributed by atoms with Crippen molar-refractivity contribution in [2.75, 3.05) is 27.3 Å². The molecule has 1 aliphatic rings. The number of quaternary nitrogens is 1. The van der Waals surface area contributed by atoms with Gasteiger partial charge in [0.1, 0.15) is 18.0 Å². The van der Waals surface area contributed by atoms with E-state index in [1.165, 1.54) is 86.7 Å². The van der Waals surface area contributed by atoms with E-state index in [1.807, 2.05) is 18.2 Å². The molecular weight excluding hydrogens is 570 g/mol. The zero-order valence-corrected chi connectivity index (χ0v) is 28.7. The fourth-order valence-electron chi connectivity index (χ4n) is 6.38. The Hall–Kier alpha value is -2.24. The summed E-state index contributed by atoms with van der Waals surface area (Å²) in [6, 6.07) is 17.1. The van der Waals surface area contributed by atoms with Crippen molar-refractivity contribution in [2.45, 2.75) is 135 Å². The topological polar surface area (TPSA) is 49.2 Å². The van der Waals surface area contributed by atoms with Gasteiger partial charge in [0, 0.05) is 19.3 Å². The molecule has 0 aliphatic carbocycles. The molecule has 2 aromatic rings. The number of hydrogen-bond acceptors (Lipinski definition) is 4. The SMILES string of the molecule is CCCCCCCCCCCCCCCC(=O)O[C@@H]1C[C@@H](CCOc2ccccc2CCc2cccc(OC)c2)[NH+](C)C1.[Cl-]. The first-order valence-electron chi connectivity index (χ1n) is 17.4. The molecule has 1 N–H and O–H groups in total. The molecule has 1 unspecified atom stereocenters. The molecule has 0 saturated carbocycles. The van der Waals surface area contributed by atoms with E-state index in [2.05, 4.69) is 44.3 Å². The molecule has 5 nitrogen and oxygen atoms in total. The summed E-state index contributed by atoms with van der Waals surface area (Å²) in [7, 11) is 3.92. The predicted octanol–water partition coefficient (Wildman–Crippen LogP) is 4.93. The highest BCUT2D eigenvalue weighted by atomic mass is 35.5. The van der Waals surface area contributed by atoms with Crippen LogP contribution in [0.15, 0.2) is 48.5 Å². The maximum absolute atomic E-state index is 12.5. The molecule has 2 aromatic carbocycles. The lowest BCUT2D eigenvalue weighted by Crippen LogP contribution is -3.11. The predicted molar refractivity (Wildman–Crippen MR) is 177 cm³/mol. The number of nitrogens with one attached hydrogen (secondary N) is 1. The van der Waals surface area contributed by atoms with E-state index < -0.39 is 0 Å². The number of halogens is 1. The van der Waals surface area contributed by atoms with Crippen LogP contribution in [-0.2, 0) is 22.4 Å². The summed E-state index contributed by atoms with van der Waals surface area (Å²) in [5, 5.41) is 0. The largest absolute Gasteiger partial charge is 1.00 e. The average molecular weight is 630 g/mol. The quantitative estimate of drug-likeness (QED) is 0.140. The Morgan fingerprint density at radius 3 is 2.18 bits per heavy atom. The van der Waals surface area contributed by atoms with Crippen LogP contribution in [0, 0.1) is 0 Å². The number of carbonyl (C=O) groups excluding carboxylic acids is 1. The second-order valence-electron chi connectivity index (χ2n) is 12.7. The molecule has 1 fully saturated rings. The van der Waals surface area contributed by atoms with Crippen molar-refractivity contribution in [3.05, 3.63) is 59.7 Å². The highest BCUT2D eigenvalue weighted by Gasteiger charge is 2.35. The molecule has 1 heterocycles. The minimum absolute atomic E-state index is 0. The summed E-state index contributed by atoms with van der Waals surface area (Å²) in [6.07, 6.45) is 21.5. The van der Waals surface area contributed by atoms with E-state index in [0.717, 1.165) is 56.6 Å². The molecule has 1 aliphatic heterocycles. The lowest BCUT2D eigenvalue weighted by atomic mass is 10.0. The average Bonchev–Trinajstić information content (AvgIpc) is 3.37. The minimum atomic E-state index is -0.0114. The number of methoxy groups -OCH3 is 1. The molecule has 44 heavy (non-hydrogen) atoms. The molecular formula is C38H60ClNO4. The Labute approximate surface area is 274 Å². The number of likely N-dealkylation sites (N-methyl/N-ethyl adjacent to an activating group) is 1. The molecule has 0 bridgehead atoms. The van der Waals surface area contributed by atoms with Gasteiger partial charge in [-0.1, -0.05) is 114 Å². The summed E-state index contributed by atoms with van der Waals surface area (Å²) < 4.78 is 17.5. The molecule has 6 heteroatoms. The van der Waals surface area contributed by atoms with Gasteiger partial charge in [0.2, 0.25) is 0 Å². The van der Waals surface area contributed by atoms with Gasteiger partial charge in [0.15, 0.2) is 6.10 Å².